The van der Waals surface area contributed by atoms with Crippen molar-refractivity contribution < 1.29 is 4.74 Å². The van der Waals surface area contributed by atoms with Gasteiger partial charge in [-0.3, -0.25) is 0 Å². The van der Waals surface area contributed by atoms with Gasteiger partial charge in [-0.15, -0.1) is 0 Å². The predicted molar refractivity (Wildman–Crippen MR) is 92.0 cm³/mol. The van der Waals surface area contributed by atoms with E-state index in [-0.39, 0.29) is 0 Å². The highest BCUT2D eigenvalue weighted by Crippen LogP contribution is 2.24. The minimum absolute atomic E-state index is 0.315. The van der Waals surface area contributed by atoms with Crippen molar-refractivity contribution in [3.63, 3.8) is 0 Å². The van der Waals surface area contributed by atoms with E-state index in [0.717, 1.165) is 22.3 Å². The van der Waals surface area contributed by atoms with Crippen LogP contribution in [-0.4, -0.2) is 6.54 Å². The second-order valence-electron chi connectivity index (χ2n) is 4.88. The molecule has 21 heavy (non-hydrogen) atoms. The molecule has 4 heteroatoms. The summed E-state index contributed by atoms with van der Waals surface area (Å²) in [5.41, 5.74) is 2.20. The van der Waals surface area contributed by atoms with Gasteiger partial charge >= 0.3 is 0 Å². The summed E-state index contributed by atoms with van der Waals surface area (Å²) in [5, 5.41) is 4.11. The summed E-state index contributed by atoms with van der Waals surface area (Å²) >= 11 is 9.60. The molecular formula is C17H19BrClNO. The molecular weight excluding hydrogens is 350 g/mol. The molecule has 1 atom stereocenters. The Kier molecular flexibility index (Phi) is 6.09. The van der Waals surface area contributed by atoms with Crippen LogP contribution in [0, 0.1) is 0 Å². The molecule has 0 amide bonds. The lowest BCUT2D eigenvalue weighted by Crippen LogP contribution is -2.17. The molecule has 0 saturated heterocycles. The summed E-state index contributed by atoms with van der Waals surface area (Å²) in [6.45, 7) is 5.66. The highest BCUT2D eigenvalue weighted by molar-refractivity contribution is 9.10. The summed E-state index contributed by atoms with van der Waals surface area (Å²) in [4.78, 5) is 0. The molecule has 0 aromatic heterocycles. The maximum absolute atomic E-state index is 6.20. The van der Waals surface area contributed by atoms with Crippen molar-refractivity contribution in [2.75, 3.05) is 6.54 Å². The molecule has 0 radical (unpaired) electrons. The maximum Gasteiger partial charge on any atom is 0.120 e. The minimum atomic E-state index is 0.315. The van der Waals surface area contributed by atoms with Crippen molar-refractivity contribution >= 4 is 27.5 Å². The lowest BCUT2D eigenvalue weighted by Gasteiger charge is -2.14. The van der Waals surface area contributed by atoms with Gasteiger partial charge in [0, 0.05) is 21.1 Å². The largest absolute Gasteiger partial charge is 0.489 e. The van der Waals surface area contributed by atoms with Crippen LogP contribution in [0.1, 0.15) is 31.0 Å². The van der Waals surface area contributed by atoms with E-state index in [0.29, 0.717) is 17.7 Å². The fourth-order valence-corrected chi connectivity index (χ4v) is 2.83. The van der Waals surface area contributed by atoms with E-state index in [2.05, 4.69) is 47.2 Å². The number of halogens is 2. The predicted octanol–water partition coefficient (Wildman–Crippen LogP) is 5.35. The van der Waals surface area contributed by atoms with Crippen molar-refractivity contribution in [3.8, 4) is 5.75 Å². The first-order valence-electron chi connectivity index (χ1n) is 7.00. The molecule has 0 aliphatic rings. The molecule has 0 saturated carbocycles. The fraction of sp³-hybridized carbons (Fsp3) is 0.294. The van der Waals surface area contributed by atoms with E-state index in [4.69, 9.17) is 16.3 Å². The molecule has 2 rings (SSSR count). The van der Waals surface area contributed by atoms with E-state index in [1.165, 1.54) is 5.56 Å². The Balaban J connectivity index is 2.04. The van der Waals surface area contributed by atoms with E-state index in [1.54, 1.807) is 0 Å². The van der Waals surface area contributed by atoms with Crippen molar-refractivity contribution in [2.45, 2.75) is 26.5 Å². The van der Waals surface area contributed by atoms with Crippen LogP contribution in [0.4, 0.5) is 0 Å². The summed E-state index contributed by atoms with van der Waals surface area (Å²) in [7, 11) is 0. The normalized spacial score (nSPS) is 12.2. The lowest BCUT2D eigenvalue weighted by molar-refractivity contribution is 0.305. The van der Waals surface area contributed by atoms with Gasteiger partial charge in [0.15, 0.2) is 0 Å². The van der Waals surface area contributed by atoms with Gasteiger partial charge in [-0.25, -0.2) is 0 Å². The fourth-order valence-electron chi connectivity index (χ4n) is 2.10. The van der Waals surface area contributed by atoms with Crippen LogP contribution in [0.25, 0.3) is 0 Å². The molecule has 1 N–H and O–H groups in total. The Bertz CT molecular complexity index is 603. The zero-order valence-corrected chi connectivity index (χ0v) is 14.5. The lowest BCUT2D eigenvalue weighted by atomic mass is 10.1. The molecule has 2 aromatic carbocycles. The maximum atomic E-state index is 6.20. The Labute approximate surface area is 139 Å². The Morgan fingerprint density at radius 1 is 1.24 bits per heavy atom. The van der Waals surface area contributed by atoms with Gasteiger partial charge in [-0.2, -0.15) is 0 Å². The third-order valence-corrected chi connectivity index (χ3v) is 4.12. The van der Waals surface area contributed by atoms with Crippen molar-refractivity contribution in [3.05, 3.63) is 63.1 Å². The Morgan fingerprint density at radius 3 is 2.76 bits per heavy atom. The van der Waals surface area contributed by atoms with Crippen LogP contribution in [0.5, 0.6) is 5.75 Å². The molecule has 2 aromatic rings. The third kappa shape index (κ3) is 4.73. The Morgan fingerprint density at radius 2 is 2.05 bits per heavy atom. The molecule has 0 fully saturated rings. The molecule has 0 aliphatic heterocycles. The first-order chi connectivity index (χ1) is 10.1. The third-order valence-electron chi connectivity index (χ3n) is 3.28. The average molecular weight is 369 g/mol. The van der Waals surface area contributed by atoms with Gasteiger partial charge in [0.05, 0.1) is 0 Å². The van der Waals surface area contributed by atoms with Crippen LogP contribution in [0.3, 0.4) is 0 Å². The zero-order valence-electron chi connectivity index (χ0n) is 12.2. The molecule has 2 nitrogen and oxygen atoms in total. The molecule has 112 valence electrons. The Hall–Kier alpha value is -1.03. The van der Waals surface area contributed by atoms with Crippen molar-refractivity contribution in [1.29, 1.82) is 0 Å². The average Bonchev–Trinajstić information content (AvgIpc) is 2.47. The quantitative estimate of drug-likeness (QED) is 0.742. The van der Waals surface area contributed by atoms with Crippen LogP contribution in [-0.2, 0) is 6.61 Å². The highest BCUT2D eigenvalue weighted by Gasteiger charge is 2.06. The number of benzene rings is 2. The van der Waals surface area contributed by atoms with E-state index < -0.39 is 0 Å². The number of ether oxygens (including phenoxy) is 1. The summed E-state index contributed by atoms with van der Waals surface area (Å²) in [5.74, 6) is 0.858. The standard InChI is InChI=1S/C17H19BrClNO/c1-3-20-12(2)13-5-4-6-16(9-13)21-11-14-7-8-15(18)10-17(14)19/h4-10,12,20H,3,11H2,1-2H3. The van der Waals surface area contributed by atoms with Crippen LogP contribution >= 0.6 is 27.5 Å². The number of hydrogen-bond donors (Lipinski definition) is 1. The molecule has 1 unspecified atom stereocenters. The second kappa shape index (κ2) is 7.83. The first kappa shape index (κ1) is 16.3. The smallest absolute Gasteiger partial charge is 0.120 e. The first-order valence-corrected chi connectivity index (χ1v) is 8.17. The number of nitrogens with one attached hydrogen (secondary N) is 1. The van der Waals surface area contributed by atoms with Crippen LogP contribution in [0.15, 0.2) is 46.9 Å². The van der Waals surface area contributed by atoms with Crippen molar-refractivity contribution in [1.82, 2.24) is 5.32 Å². The van der Waals surface area contributed by atoms with Crippen LogP contribution in [0.2, 0.25) is 5.02 Å². The highest BCUT2D eigenvalue weighted by atomic mass is 79.9. The summed E-state index contributed by atoms with van der Waals surface area (Å²) in [6.07, 6.45) is 0. The van der Waals surface area contributed by atoms with E-state index >= 15 is 0 Å². The van der Waals surface area contributed by atoms with E-state index in [9.17, 15) is 0 Å². The van der Waals surface area contributed by atoms with Gasteiger partial charge in [-0.1, -0.05) is 52.7 Å². The van der Waals surface area contributed by atoms with Gasteiger partial charge in [0.1, 0.15) is 12.4 Å². The van der Waals surface area contributed by atoms with E-state index in [1.807, 2.05) is 30.3 Å². The van der Waals surface area contributed by atoms with Gasteiger partial charge in [0.25, 0.3) is 0 Å². The SMILES string of the molecule is CCNC(C)c1cccc(OCc2ccc(Br)cc2Cl)c1. The molecule has 0 heterocycles. The van der Waals surface area contributed by atoms with Crippen molar-refractivity contribution in [2.24, 2.45) is 0 Å². The second-order valence-corrected chi connectivity index (χ2v) is 6.20. The number of rotatable bonds is 6. The zero-order chi connectivity index (χ0) is 15.2. The summed E-state index contributed by atoms with van der Waals surface area (Å²) in [6, 6.07) is 14.3. The van der Waals surface area contributed by atoms with Gasteiger partial charge in [-0.05, 0) is 43.3 Å². The van der Waals surface area contributed by atoms with Gasteiger partial charge in [0.2, 0.25) is 0 Å². The minimum Gasteiger partial charge on any atom is -0.489 e. The number of hydrogen-bond acceptors (Lipinski definition) is 2. The summed E-state index contributed by atoms with van der Waals surface area (Å²) < 4.78 is 6.82. The molecule has 0 spiro atoms. The monoisotopic (exact) mass is 367 g/mol. The molecule has 0 aliphatic carbocycles. The molecule has 0 bridgehead atoms. The topological polar surface area (TPSA) is 21.3 Å². The van der Waals surface area contributed by atoms with Gasteiger partial charge < -0.3 is 10.1 Å². The van der Waals surface area contributed by atoms with Crippen LogP contribution < -0.4 is 10.1 Å².